The first-order valence-electron chi connectivity index (χ1n) is 6.54. The van der Waals surface area contributed by atoms with Crippen molar-refractivity contribution in [3.05, 3.63) is 0 Å². The van der Waals surface area contributed by atoms with Gasteiger partial charge in [-0.25, -0.2) is 0 Å². The van der Waals surface area contributed by atoms with Crippen molar-refractivity contribution in [2.75, 3.05) is 33.4 Å². The van der Waals surface area contributed by atoms with E-state index in [2.05, 4.69) is 5.32 Å². The molecule has 100 valence electrons. The van der Waals surface area contributed by atoms with Crippen LogP contribution in [0, 0.1) is 5.92 Å². The highest BCUT2D eigenvalue weighted by molar-refractivity contribution is 5.85. The third kappa shape index (κ3) is 3.96. The van der Waals surface area contributed by atoms with Gasteiger partial charge >= 0.3 is 0 Å². The second-order valence-electron chi connectivity index (χ2n) is 5.37. The minimum absolute atomic E-state index is 0.208. The number of likely N-dealkylation sites (N-methyl/N-ethyl adjacent to an activating group) is 1. The van der Waals surface area contributed by atoms with Crippen LogP contribution in [0.25, 0.3) is 0 Å². The summed E-state index contributed by atoms with van der Waals surface area (Å²) in [4.78, 5) is 14.4. The van der Waals surface area contributed by atoms with Crippen molar-refractivity contribution >= 4 is 5.91 Å². The standard InChI is InChI=1S/C13H26N2O2/c1-5-14-13(2,3)12(16)15-8-6-7-11(9-15)10-17-4/h11,14H,5-10H2,1-4H3. The zero-order valence-corrected chi connectivity index (χ0v) is 11.6. The zero-order valence-electron chi connectivity index (χ0n) is 11.6. The van der Waals surface area contributed by atoms with Gasteiger partial charge in [-0.3, -0.25) is 4.79 Å². The van der Waals surface area contributed by atoms with Gasteiger partial charge < -0.3 is 15.0 Å². The van der Waals surface area contributed by atoms with Crippen LogP contribution in [-0.4, -0.2) is 49.7 Å². The molecule has 0 bridgehead atoms. The van der Waals surface area contributed by atoms with E-state index in [0.717, 1.165) is 32.7 Å². The topological polar surface area (TPSA) is 41.6 Å². The van der Waals surface area contributed by atoms with E-state index in [0.29, 0.717) is 5.92 Å². The number of ether oxygens (including phenoxy) is 1. The Morgan fingerprint density at radius 1 is 1.53 bits per heavy atom. The molecule has 0 aliphatic carbocycles. The van der Waals surface area contributed by atoms with E-state index in [1.807, 2.05) is 25.7 Å². The van der Waals surface area contributed by atoms with Gasteiger partial charge in [0.2, 0.25) is 5.91 Å². The van der Waals surface area contributed by atoms with Crippen LogP contribution in [-0.2, 0) is 9.53 Å². The third-order valence-electron chi connectivity index (χ3n) is 3.36. The Bertz CT molecular complexity index is 252. The highest BCUT2D eigenvalue weighted by Crippen LogP contribution is 2.19. The van der Waals surface area contributed by atoms with Gasteiger partial charge in [0.15, 0.2) is 0 Å². The first kappa shape index (κ1) is 14.5. The number of likely N-dealkylation sites (tertiary alicyclic amines) is 1. The van der Waals surface area contributed by atoms with Gasteiger partial charge in [-0.15, -0.1) is 0 Å². The molecule has 1 fully saturated rings. The van der Waals surface area contributed by atoms with Crippen molar-refractivity contribution < 1.29 is 9.53 Å². The van der Waals surface area contributed by atoms with Crippen molar-refractivity contribution in [3.63, 3.8) is 0 Å². The molecule has 0 aromatic rings. The highest BCUT2D eigenvalue weighted by atomic mass is 16.5. The van der Waals surface area contributed by atoms with Gasteiger partial charge in [-0.05, 0) is 39.2 Å². The molecule has 0 radical (unpaired) electrons. The Balaban J connectivity index is 2.56. The van der Waals surface area contributed by atoms with E-state index in [4.69, 9.17) is 4.74 Å². The minimum atomic E-state index is -0.455. The predicted molar refractivity (Wildman–Crippen MR) is 68.9 cm³/mol. The minimum Gasteiger partial charge on any atom is -0.384 e. The summed E-state index contributed by atoms with van der Waals surface area (Å²) in [7, 11) is 1.73. The number of rotatable bonds is 5. The lowest BCUT2D eigenvalue weighted by molar-refractivity contribution is -0.139. The van der Waals surface area contributed by atoms with Gasteiger partial charge in [0.05, 0.1) is 12.1 Å². The van der Waals surface area contributed by atoms with Crippen LogP contribution < -0.4 is 5.32 Å². The summed E-state index contributed by atoms with van der Waals surface area (Å²) in [5, 5.41) is 3.24. The normalized spacial score (nSPS) is 21.6. The largest absolute Gasteiger partial charge is 0.384 e. The maximum atomic E-state index is 12.4. The Morgan fingerprint density at radius 2 is 2.24 bits per heavy atom. The highest BCUT2D eigenvalue weighted by Gasteiger charge is 2.33. The molecule has 0 aromatic carbocycles. The number of nitrogens with one attached hydrogen (secondary N) is 1. The van der Waals surface area contributed by atoms with Crippen LogP contribution >= 0.6 is 0 Å². The average Bonchev–Trinajstić information content (AvgIpc) is 2.29. The first-order valence-corrected chi connectivity index (χ1v) is 6.54. The summed E-state index contributed by atoms with van der Waals surface area (Å²) in [6.07, 6.45) is 2.25. The summed E-state index contributed by atoms with van der Waals surface area (Å²) in [5.74, 6) is 0.704. The monoisotopic (exact) mass is 242 g/mol. The molecule has 0 spiro atoms. The van der Waals surface area contributed by atoms with Gasteiger partial charge in [0.25, 0.3) is 0 Å². The number of methoxy groups -OCH3 is 1. The van der Waals surface area contributed by atoms with E-state index in [1.54, 1.807) is 7.11 Å². The Kier molecular flexibility index (Phi) is 5.40. The summed E-state index contributed by atoms with van der Waals surface area (Å²) in [5.41, 5.74) is -0.455. The molecule has 1 aliphatic heterocycles. The Hall–Kier alpha value is -0.610. The number of carbonyl (C=O) groups excluding carboxylic acids is 1. The van der Waals surface area contributed by atoms with Gasteiger partial charge in [0.1, 0.15) is 0 Å². The molecule has 1 aliphatic rings. The SMILES string of the molecule is CCNC(C)(C)C(=O)N1CCCC(COC)C1. The molecule has 0 saturated carbocycles. The molecule has 1 N–H and O–H groups in total. The first-order chi connectivity index (χ1) is 8.01. The fourth-order valence-electron chi connectivity index (χ4n) is 2.53. The number of amides is 1. The summed E-state index contributed by atoms with van der Waals surface area (Å²) in [6.45, 7) is 9.23. The maximum Gasteiger partial charge on any atom is 0.242 e. The Morgan fingerprint density at radius 3 is 2.82 bits per heavy atom. The van der Waals surface area contributed by atoms with Gasteiger partial charge in [-0.2, -0.15) is 0 Å². The summed E-state index contributed by atoms with van der Waals surface area (Å²) in [6, 6.07) is 0. The number of nitrogens with zero attached hydrogens (tertiary/aromatic N) is 1. The van der Waals surface area contributed by atoms with Crippen LogP contribution in [0.15, 0.2) is 0 Å². The summed E-state index contributed by atoms with van der Waals surface area (Å²) >= 11 is 0. The van der Waals surface area contributed by atoms with Gasteiger partial charge in [0, 0.05) is 20.2 Å². The molecule has 1 atom stereocenters. The summed E-state index contributed by atoms with van der Waals surface area (Å²) < 4.78 is 5.19. The lowest BCUT2D eigenvalue weighted by atomic mass is 9.95. The van der Waals surface area contributed by atoms with Crippen LogP contribution in [0.3, 0.4) is 0 Å². The van der Waals surface area contributed by atoms with Crippen molar-refractivity contribution in [2.45, 2.75) is 39.2 Å². The molecule has 4 heteroatoms. The molecule has 1 rings (SSSR count). The smallest absolute Gasteiger partial charge is 0.242 e. The fraction of sp³-hybridized carbons (Fsp3) is 0.923. The molecular weight excluding hydrogens is 216 g/mol. The molecular formula is C13H26N2O2. The number of hydrogen-bond donors (Lipinski definition) is 1. The van der Waals surface area contributed by atoms with Crippen molar-refractivity contribution in [3.8, 4) is 0 Å². The molecule has 1 unspecified atom stereocenters. The average molecular weight is 242 g/mol. The lowest BCUT2D eigenvalue weighted by Crippen LogP contribution is -2.56. The molecule has 17 heavy (non-hydrogen) atoms. The molecule has 1 heterocycles. The maximum absolute atomic E-state index is 12.4. The fourth-order valence-corrected chi connectivity index (χ4v) is 2.53. The van der Waals surface area contributed by atoms with Crippen LogP contribution in [0.4, 0.5) is 0 Å². The second-order valence-corrected chi connectivity index (χ2v) is 5.37. The van der Waals surface area contributed by atoms with Crippen LogP contribution in [0.2, 0.25) is 0 Å². The molecule has 4 nitrogen and oxygen atoms in total. The van der Waals surface area contributed by atoms with Crippen molar-refractivity contribution in [1.29, 1.82) is 0 Å². The molecule has 1 amide bonds. The van der Waals surface area contributed by atoms with Crippen LogP contribution in [0.1, 0.15) is 33.6 Å². The molecule has 0 aromatic heterocycles. The van der Waals surface area contributed by atoms with E-state index in [-0.39, 0.29) is 5.91 Å². The second kappa shape index (κ2) is 6.36. The van der Waals surface area contributed by atoms with E-state index < -0.39 is 5.54 Å². The number of piperidine rings is 1. The van der Waals surface area contributed by atoms with E-state index in [1.165, 1.54) is 6.42 Å². The lowest BCUT2D eigenvalue weighted by Gasteiger charge is -2.37. The molecule has 1 saturated heterocycles. The predicted octanol–water partition coefficient (Wildman–Crippen LogP) is 1.26. The van der Waals surface area contributed by atoms with Crippen molar-refractivity contribution in [2.24, 2.45) is 5.92 Å². The van der Waals surface area contributed by atoms with Crippen LogP contribution in [0.5, 0.6) is 0 Å². The zero-order chi connectivity index (χ0) is 12.9. The quantitative estimate of drug-likeness (QED) is 0.789. The number of hydrogen-bond acceptors (Lipinski definition) is 3. The van der Waals surface area contributed by atoms with E-state index in [9.17, 15) is 4.79 Å². The Labute approximate surface area is 105 Å². The third-order valence-corrected chi connectivity index (χ3v) is 3.36. The van der Waals surface area contributed by atoms with Crippen molar-refractivity contribution in [1.82, 2.24) is 10.2 Å². The van der Waals surface area contributed by atoms with E-state index >= 15 is 0 Å². The van der Waals surface area contributed by atoms with Gasteiger partial charge in [-0.1, -0.05) is 6.92 Å². The number of carbonyl (C=O) groups is 1.